The number of amides is 1. The van der Waals surface area contributed by atoms with Crippen molar-refractivity contribution < 1.29 is 9.21 Å². The smallest absolute Gasteiger partial charge is 0.291 e. The molecule has 2 heterocycles. The number of nitrogens with one attached hydrogen (secondary N) is 2. The zero-order valence-electron chi connectivity index (χ0n) is 12.0. The van der Waals surface area contributed by atoms with Crippen LogP contribution in [0.3, 0.4) is 0 Å². The summed E-state index contributed by atoms with van der Waals surface area (Å²) in [5, 5.41) is 5.96. The molecule has 5 nitrogen and oxygen atoms in total. The molecule has 2 N–H and O–H groups in total. The number of carbonyl (C=O) groups excluding carboxylic acids is 1. The molecule has 3 rings (SSSR count). The van der Waals surface area contributed by atoms with Crippen molar-refractivity contribution in [2.45, 2.75) is 6.92 Å². The standard InChI is InChI=1S/C17H15N3O2/c1-12-5-2-3-6-14(12)20-16-9-8-13(11-18-16)19-17(21)15-7-4-10-22-15/h2-11H,1H3,(H,18,20)(H,19,21). The van der Waals surface area contributed by atoms with Crippen molar-refractivity contribution in [3.63, 3.8) is 0 Å². The van der Waals surface area contributed by atoms with Crippen LogP contribution in [0.2, 0.25) is 0 Å². The number of carbonyl (C=O) groups is 1. The van der Waals surface area contributed by atoms with E-state index in [9.17, 15) is 4.79 Å². The molecule has 1 amide bonds. The third-order valence-corrected chi connectivity index (χ3v) is 3.17. The van der Waals surface area contributed by atoms with Crippen LogP contribution in [0.5, 0.6) is 0 Å². The number of hydrogen-bond donors (Lipinski definition) is 2. The van der Waals surface area contributed by atoms with Crippen molar-refractivity contribution in [2.75, 3.05) is 10.6 Å². The molecule has 0 radical (unpaired) electrons. The maximum absolute atomic E-state index is 11.8. The molecule has 110 valence electrons. The quantitative estimate of drug-likeness (QED) is 0.763. The lowest BCUT2D eigenvalue weighted by Gasteiger charge is -2.09. The van der Waals surface area contributed by atoms with Crippen molar-refractivity contribution in [1.29, 1.82) is 0 Å². The van der Waals surface area contributed by atoms with Crippen LogP contribution in [0.1, 0.15) is 16.1 Å². The Balaban J connectivity index is 1.68. The van der Waals surface area contributed by atoms with E-state index in [2.05, 4.69) is 15.6 Å². The number of para-hydroxylation sites is 1. The number of furan rings is 1. The van der Waals surface area contributed by atoms with Gasteiger partial charge in [-0.1, -0.05) is 18.2 Å². The van der Waals surface area contributed by atoms with Gasteiger partial charge in [0.1, 0.15) is 5.82 Å². The van der Waals surface area contributed by atoms with E-state index in [0.29, 0.717) is 11.5 Å². The van der Waals surface area contributed by atoms with E-state index in [1.807, 2.05) is 37.3 Å². The summed E-state index contributed by atoms with van der Waals surface area (Å²) < 4.78 is 5.04. The molecule has 0 aliphatic carbocycles. The highest BCUT2D eigenvalue weighted by atomic mass is 16.3. The molecule has 0 aliphatic heterocycles. The second kappa shape index (κ2) is 6.13. The second-order valence-electron chi connectivity index (χ2n) is 4.80. The van der Waals surface area contributed by atoms with Crippen molar-refractivity contribution in [3.05, 3.63) is 72.3 Å². The zero-order chi connectivity index (χ0) is 15.4. The Hall–Kier alpha value is -3.08. The Bertz CT molecular complexity index is 765. The minimum Gasteiger partial charge on any atom is -0.459 e. The summed E-state index contributed by atoms with van der Waals surface area (Å²) in [6.45, 7) is 2.03. The van der Waals surface area contributed by atoms with Crippen LogP contribution in [-0.4, -0.2) is 10.9 Å². The Labute approximate surface area is 128 Å². The monoisotopic (exact) mass is 293 g/mol. The first-order chi connectivity index (χ1) is 10.7. The minimum absolute atomic E-state index is 0.266. The lowest BCUT2D eigenvalue weighted by Crippen LogP contribution is -2.11. The lowest BCUT2D eigenvalue weighted by molar-refractivity contribution is 0.0996. The first kappa shape index (κ1) is 13.9. The number of anilines is 3. The Morgan fingerprint density at radius 1 is 1.09 bits per heavy atom. The van der Waals surface area contributed by atoms with Gasteiger partial charge in [-0.2, -0.15) is 0 Å². The number of aromatic nitrogens is 1. The number of hydrogen-bond acceptors (Lipinski definition) is 4. The molecule has 1 aromatic carbocycles. The molecular weight excluding hydrogens is 278 g/mol. The van der Waals surface area contributed by atoms with E-state index in [1.54, 1.807) is 24.4 Å². The van der Waals surface area contributed by atoms with Gasteiger partial charge in [-0.3, -0.25) is 4.79 Å². The predicted molar refractivity (Wildman–Crippen MR) is 85.4 cm³/mol. The van der Waals surface area contributed by atoms with Gasteiger partial charge in [0.25, 0.3) is 5.91 Å². The summed E-state index contributed by atoms with van der Waals surface area (Å²) in [6, 6.07) is 14.8. The third kappa shape index (κ3) is 3.15. The number of nitrogens with zero attached hydrogens (tertiary/aromatic N) is 1. The molecule has 5 heteroatoms. The average Bonchev–Trinajstić information content (AvgIpc) is 3.06. The first-order valence-electron chi connectivity index (χ1n) is 6.86. The fourth-order valence-electron chi connectivity index (χ4n) is 1.99. The Morgan fingerprint density at radius 2 is 1.95 bits per heavy atom. The van der Waals surface area contributed by atoms with E-state index in [-0.39, 0.29) is 11.7 Å². The summed E-state index contributed by atoms with van der Waals surface area (Å²) in [4.78, 5) is 16.1. The number of benzene rings is 1. The maximum atomic E-state index is 11.8. The van der Waals surface area contributed by atoms with E-state index < -0.39 is 0 Å². The third-order valence-electron chi connectivity index (χ3n) is 3.17. The van der Waals surface area contributed by atoms with Gasteiger partial charge in [0.05, 0.1) is 18.1 Å². The molecule has 0 bridgehead atoms. The van der Waals surface area contributed by atoms with Gasteiger partial charge in [-0.25, -0.2) is 4.98 Å². The maximum Gasteiger partial charge on any atom is 0.291 e. The summed E-state index contributed by atoms with van der Waals surface area (Å²) in [6.07, 6.45) is 3.06. The molecule has 0 atom stereocenters. The minimum atomic E-state index is -0.300. The highest BCUT2D eigenvalue weighted by Crippen LogP contribution is 2.19. The molecule has 0 saturated carbocycles. The van der Waals surface area contributed by atoms with E-state index >= 15 is 0 Å². The van der Waals surface area contributed by atoms with Gasteiger partial charge in [0.2, 0.25) is 0 Å². The van der Waals surface area contributed by atoms with Crippen molar-refractivity contribution in [2.24, 2.45) is 0 Å². The fraction of sp³-hybridized carbons (Fsp3) is 0.0588. The Morgan fingerprint density at radius 3 is 2.64 bits per heavy atom. The van der Waals surface area contributed by atoms with Gasteiger partial charge in [0.15, 0.2) is 5.76 Å². The molecular formula is C17H15N3O2. The van der Waals surface area contributed by atoms with Gasteiger partial charge < -0.3 is 15.1 Å². The van der Waals surface area contributed by atoms with Crippen LogP contribution >= 0.6 is 0 Å². The van der Waals surface area contributed by atoms with Crippen LogP contribution in [0.15, 0.2) is 65.4 Å². The van der Waals surface area contributed by atoms with Crippen LogP contribution in [0.4, 0.5) is 17.2 Å². The topological polar surface area (TPSA) is 67.2 Å². The molecule has 3 aromatic rings. The average molecular weight is 293 g/mol. The highest BCUT2D eigenvalue weighted by molar-refractivity contribution is 6.02. The van der Waals surface area contributed by atoms with Gasteiger partial charge in [-0.15, -0.1) is 0 Å². The number of rotatable bonds is 4. The molecule has 0 aliphatic rings. The highest BCUT2D eigenvalue weighted by Gasteiger charge is 2.08. The Kier molecular flexibility index (Phi) is 3.87. The van der Waals surface area contributed by atoms with Gasteiger partial charge in [0, 0.05) is 5.69 Å². The largest absolute Gasteiger partial charge is 0.459 e. The van der Waals surface area contributed by atoms with E-state index in [1.165, 1.54) is 6.26 Å². The lowest BCUT2D eigenvalue weighted by atomic mass is 10.2. The van der Waals surface area contributed by atoms with Crippen LogP contribution < -0.4 is 10.6 Å². The van der Waals surface area contributed by atoms with E-state index in [4.69, 9.17) is 4.42 Å². The molecule has 0 spiro atoms. The van der Waals surface area contributed by atoms with Crippen molar-refractivity contribution in [3.8, 4) is 0 Å². The first-order valence-corrected chi connectivity index (χ1v) is 6.86. The van der Waals surface area contributed by atoms with Gasteiger partial charge in [-0.05, 0) is 42.8 Å². The molecule has 0 saturated heterocycles. The molecule has 0 fully saturated rings. The van der Waals surface area contributed by atoms with Crippen molar-refractivity contribution in [1.82, 2.24) is 4.98 Å². The summed E-state index contributed by atoms with van der Waals surface area (Å²) in [5.74, 6) is 0.679. The van der Waals surface area contributed by atoms with Gasteiger partial charge >= 0.3 is 0 Å². The summed E-state index contributed by atoms with van der Waals surface area (Å²) in [5.41, 5.74) is 2.75. The molecule has 22 heavy (non-hydrogen) atoms. The van der Waals surface area contributed by atoms with E-state index in [0.717, 1.165) is 11.3 Å². The van der Waals surface area contributed by atoms with Crippen molar-refractivity contribution >= 4 is 23.1 Å². The summed E-state index contributed by atoms with van der Waals surface area (Å²) in [7, 11) is 0. The zero-order valence-corrected chi connectivity index (χ0v) is 12.0. The predicted octanol–water partition coefficient (Wildman–Crippen LogP) is 3.98. The molecule has 0 unspecified atom stereocenters. The second-order valence-corrected chi connectivity index (χ2v) is 4.80. The van der Waals surface area contributed by atoms with Crippen LogP contribution in [0.25, 0.3) is 0 Å². The normalized spacial score (nSPS) is 10.2. The van der Waals surface area contributed by atoms with Crippen LogP contribution in [-0.2, 0) is 0 Å². The number of aryl methyl sites for hydroxylation is 1. The van der Waals surface area contributed by atoms with Crippen LogP contribution in [0, 0.1) is 6.92 Å². The SMILES string of the molecule is Cc1ccccc1Nc1ccc(NC(=O)c2ccco2)cn1. The summed E-state index contributed by atoms with van der Waals surface area (Å²) >= 11 is 0. The molecule has 2 aromatic heterocycles. The number of pyridine rings is 1. The fourth-order valence-corrected chi connectivity index (χ4v) is 1.99.